The van der Waals surface area contributed by atoms with Crippen molar-refractivity contribution in [3.05, 3.63) is 64.9 Å². The molecule has 0 saturated heterocycles. The number of aliphatic hydroxyl groups excluding tert-OH is 1. The van der Waals surface area contributed by atoms with Crippen LogP contribution in [0.15, 0.2) is 48.7 Å². The van der Waals surface area contributed by atoms with Gasteiger partial charge >= 0.3 is 0 Å². The summed E-state index contributed by atoms with van der Waals surface area (Å²) < 4.78 is 5.73. The molecule has 4 nitrogen and oxygen atoms in total. The number of rotatable bonds is 7. The monoisotopic (exact) mass is 306 g/mol. The SMILES string of the molecule is CC(O)C(NCc1cccnc1Cl)OCc1ccccc1. The van der Waals surface area contributed by atoms with E-state index in [0.29, 0.717) is 18.3 Å². The number of pyridine rings is 1. The van der Waals surface area contributed by atoms with Crippen LogP contribution in [0.2, 0.25) is 5.15 Å². The van der Waals surface area contributed by atoms with Gasteiger partial charge < -0.3 is 9.84 Å². The number of benzene rings is 1. The van der Waals surface area contributed by atoms with Gasteiger partial charge in [0.25, 0.3) is 0 Å². The van der Waals surface area contributed by atoms with Gasteiger partial charge in [0.2, 0.25) is 0 Å². The number of halogens is 1. The van der Waals surface area contributed by atoms with Gasteiger partial charge in [-0.2, -0.15) is 0 Å². The largest absolute Gasteiger partial charge is 0.389 e. The summed E-state index contributed by atoms with van der Waals surface area (Å²) in [6, 6.07) is 13.5. The van der Waals surface area contributed by atoms with Crippen molar-refractivity contribution in [2.24, 2.45) is 0 Å². The van der Waals surface area contributed by atoms with Gasteiger partial charge in [0, 0.05) is 18.3 Å². The van der Waals surface area contributed by atoms with Crippen LogP contribution in [-0.4, -0.2) is 22.4 Å². The van der Waals surface area contributed by atoms with Crippen LogP contribution in [0.4, 0.5) is 0 Å². The molecular weight excluding hydrogens is 288 g/mol. The van der Waals surface area contributed by atoms with Crippen molar-refractivity contribution in [3.63, 3.8) is 0 Å². The van der Waals surface area contributed by atoms with Crippen LogP contribution in [-0.2, 0) is 17.9 Å². The summed E-state index contributed by atoms with van der Waals surface area (Å²) in [5.41, 5.74) is 1.93. The Balaban J connectivity index is 1.89. The van der Waals surface area contributed by atoms with Crippen LogP contribution >= 0.6 is 11.6 Å². The number of hydrogen-bond donors (Lipinski definition) is 2. The predicted octanol–water partition coefficient (Wildman–Crippen LogP) is 2.75. The van der Waals surface area contributed by atoms with E-state index in [2.05, 4.69) is 10.3 Å². The van der Waals surface area contributed by atoms with Crippen molar-refractivity contribution in [1.82, 2.24) is 10.3 Å². The highest BCUT2D eigenvalue weighted by molar-refractivity contribution is 6.30. The van der Waals surface area contributed by atoms with Gasteiger partial charge in [-0.3, -0.25) is 5.32 Å². The molecule has 2 aromatic rings. The van der Waals surface area contributed by atoms with Crippen LogP contribution in [0.5, 0.6) is 0 Å². The minimum Gasteiger partial charge on any atom is -0.389 e. The van der Waals surface area contributed by atoms with Crippen LogP contribution < -0.4 is 5.32 Å². The first kappa shape index (κ1) is 15.9. The summed E-state index contributed by atoms with van der Waals surface area (Å²) in [5, 5.41) is 13.4. The fourth-order valence-electron chi connectivity index (χ4n) is 1.89. The number of hydrogen-bond acceptors (Lipinski definition) is 4. The normalized spacial score (nSPS) is 13.9. The quantitative estimate of drug-likeness (QED) is 0.610. The van der Waals surface area contributed by atoms with E-state index in [0.717, 1.165) is 11.1 Å². The van der Waals surface area contributed by atoms with Crippen LogP contribution in [0.3, 0.4) is 0 Å². The van der Waals surface area contributed by atoms with Crippen molar-refractivity contribution >= 4 is 11.6 Å². The maximum Gasteiger partial charge on any atom is 0.134 e. The van der Waals surface area contributed by atoms with Gasteiger partial charge in [-0.05, 0) is 18.6 Å². The topological polar surface area (TPSA) is 54.4 Å². The summed E-state index contributed by atoms with van der Waals surface area (Å²) in [4.78, 5) is 4.02. The van der Waals surface area contributed by atoms with Crippen molar-refractivity contribution < 1.29 is 9.84 Å². The molecule has 2 rings (SSSR count). The number of nitrogens with one attached hydrogen (secondary N) is 1. The second-order valence-corrected chi connectivity index (χ2v) is 5.15. The van der Waals surface area contributed by atoms with Gasteiger partial charge in [-0.15, -0.1) is 0 Å². The highest BCUT2D eigenvalue weighted by atomic mass is 35.5. The average molecular weight is 307 g/mol. The van der Waals surface area contributed by atoms with Crippen LogP contribution in [0.1, 0.15) is 18.1 Å². The van der Waals surface area contributed by atoms with Crippen molar-refractivity contribution in [1.29, 1.82) is 0 Å². The minimum absolute atomic E-state index is 0.435. The first-order chi connectivity index (χ1) is 10.2. The molecule has 112 valence electrons. The fourth-order valence-corrected chi connectivity index (χ4v) is 2.08. The third-order valence-corrected chi connectivity index (χ3v) is 3.38. The zero-order chi connectivity index (χ0) is 15.1. The van der Waals surface area contributed by atoms with Gasteiger partial charge in [-0.1, -0.05) is 48.0 Å². The smallest absolute Gasteiger partial charge is 0.134 e. The Kier molecular flexibility index (Phi) is 6.14. The first-order valence-electron chi connectivity index (χ1n) is 6.83. The number of aliphatic hydroxyl groups is 1. The summed E-state index contributed by atoms with van der Waals surface area (Å²) in [7, 11) is 0. The fraction of sp³-hybridized carbons (Fsp3) is 0.312. The van der Waals surface area contributed by atoms with Crippen LogP contribution in [0, 0.1) is 0 Å². The standard InChI is InChI=1S/C16H19ClN2O2/c1-12(20)16(21-11-13-6-3-2-4-7-13)19-10-14-8-5-9-18-15(14)17/h2-9,12,16,19-20H,10-11H2,1H3. The van der Waals surface area contributed by atoms with E-state index in [4.69, 9.17) is 16.3 Å². The van der Waals surface area contributed by atoms with Crippen molar-refractivity contribution in [2.45, 2.75) is 32.4 Å². The molecule has 2 N–H and O–H groups in total. The molecule has 0 amide bonds. The Bertz CT molecular complexity index is 549. The maximum absolute atomic E-state index is 9.80. The van der Waals surface area contributed by atoms with E-state index in [1.807, 2.05) is 42.5 Å². The molecule has 21 heavy (non-hydrogen) atoms. The summed E-state index contributed by atoms with van der Waals surface area (Å²) >= 11 is 6.01. The van der Waals surface area contributed by atoms with E-state index in [9.17, 15) is 5.11 Å². The molecule has 0 fully saturated rings. The Morgan fingerprint density at radius 1 is 1.24 bits per heavy atom. The lowest BCUT2D eigenvalue weighted by molar-refractivity contribution is -0.0578. The molecule has 0 aliphatic carbocycles. The second kappa shape index (κ2) is 8.10. The molecule has 0 aliphatic heterocycles. The summed E-state index contributed by atoms with van der Waals surface area (Å²) in [5.74, 6) is 0. The van der Waals surface area contributed by atoms with E-state index < -0.39 is 12.3 Å². The second-order valence-electron chi connectivity index (χ2n) is 4.79. The van der Waals surface area contributed by atoms with E-state index in [1.54, 1.807) is 13.1 Å². The third kappa shape index (κ3) is 5.10. The molecule has 1 aromatic heterocycles. The van der Waals surface area contributed by atoms with E-state index in [1.165, 1.54) is 0 Å². The zero-order valence-electron chi connectivity index (χ0n) is 11.9. The molecule has 0 aliphatic rings. The van der Waals surface area contributed by atoms with Crippen molar-refractivity contribution in [2.75, 3.05) is 0 Å². The molecular formula is C16H19ClN2O2. The van der Waals surface area contributed by atoms with Gasteiger partial charge in [0.15, 0.2) is 0 Å². The lowest BCUT2D eigenvalue weighted by Gasteiger charge is -2.22. The van der Waals surface area contributed by atoms with Gasteiger partial charge in [0.05, 0.1) is 12.7 Å². The molecule has 5 heteroatoms. The molecule has 1 aromatic carbocycles. The van der Waals surface area contributed by atoms with Gasteiger partial charge in [-0.25, -0.2) is 4.98 Å². The minimum atomic E-state index is -0.635. The lowest BCUT2D eigenvalue weighted by atomic mass is 10.2. The summed E-state index contributed by atoms with van der Waals surface area (Å²) in [6.07, 6.45) is 0.537. The average Bonchev–Trinajstić information content (AvgIpc) is 2.49. The zero-order valence-corrected chi connectivity index (χ0v) is 12.6. The maximum atomic E-state index is 9.80. The Labute approximate surface area is 129 Å². The first-order valence-corrected chi connectivity index (χ1v) is 7.21. The number of ether oxygens (including phenoxy) is 1. The molecule has 2 atom stereocenters. The molecule has 2 unspecified atom stereocenters. The molecule has 0 spiro atoms. The predicted molar refractivity (Wildman–Crippen MR) is 82.8 cm³/mol. The number of aromatic nitrogens is 1. The van der Waals surface area contributed by atoms with E-state index in [-0.39, 0.29) is 0 Å². The Morgan fingerprint density at radius 2 is 2.00 bits per heavy atom. The molecule has 0 bridgehead atoms. The van der Waals surface area contributed by atoms with Gasteiger partial charge in [0.1, 0.15) is 11.4 Å². The molecule has 1 heterocycles. The highest BCUT2D eigenvalue weighted by Gasteiger charge is 2.15. The Hall–Kier alpha value is -1.46. The number of nitrogens with zero attached hydrogens (tertiary/aromatic N) is 1. The highest BCUT2D eigenvalue weighted by Crippen LogP contribution is 2.12. The molecule has 0 saturated carbocycles. The van der Waals surface area contributed by atoms with Crippen molar-refractivity contribution in [3.8, 4) is 0 Å². The Morgan fingerprint density at radius 3 is 2.67 bits per heavy atom. The third-order valence-electron chi connectivity index (χ3n) is 3.04. The van der Waals surface area contributed by atoms with E-state index >= 15 is 0 Å². The lowest BCUT2D eigenvalue weighted by Crippen LogP contribution is -2.40. The molecule has 0 radical (unpaired) electrons. The van der Waals surface area contributed by atoms with Crippen LogP contribution in [0.25, 0.3) is 0 Å². The summed E-state index contributed by atoms with van der Waals surface area (Å²) in [6.45, 7) is 2.61.